The Hall–Kier alpha value is -1.77. The second-order valence-corrected chi connectivity index (χ2v) is 6.80. The van der Waals surface area contributed by atoms with Gasteiger partial charge in [-0.1, -0.05) is 18.3 Å². The molecule has 0 radical (unpaired) electrons. The quantitative estimate of drug-likeness (QED) is 0.796. The van der Waals surface area contributed by atoms with E-state index in [2.05, 4.69) is 9.71 Å². The van der Waals surface area contributed by atoms with Gasteiger partial charge >= 0.3 is 0 Å². The second kappa shape index (κ2) is 5.92. The highest BCUT2D eigenvalue weighted by atomic mass is 32.2. The van der Waals surface area contributed by atoms with E-state index in [0.717, 1.165) is 0 Å². The van der Waals surface area contributed by atoms with Crippen LogP contribution in [0.15, 0.2) is 35.5 Å². The van der Waals surface area contributed by atoms with Gasteiger partial charge < -0.3 is 10.3 Å². The Morgan fingerprint density at radius 3 is 2.71 bits per heavy atom. The molecule has 0 amide bonds. The molecule has 0 aliphatic heterocycles. The van der Waals surface area contributed by atoms with Gasteiger partial charge in [0, 0.05) is 25.0 Å². The fourth-order valence-corrected chi connectivity index (χ4v) is 3.24. The third kappa shape index (κ3) is 3.46. The van der Waals surface area contributed by atoms with E-state index in [1.165, 1.54) is 6.07 Å². The summed E-state index contributed by atoms with van der Waals surface area (Å²) in [5.74, 6) is 0.635. The molecule has 0 aliphatic rings. The van der Waals surface area contributed by atoms with Crippen molar-refractivity contribution in [2.45, 2.75) is 18.4 Å². The molecule has 1 heterocycles. The van der Waals surface area contributed by atoms with Gasteiger partial charge in [-0.15, -0.1) is 0 Å². The summed E-state index contributed by atoms with van der Waals surface area (Å²) in [4.78, 5) is 4.52. The van der Waals surface area contributed by atoms with Crippen molar-refractivity contribution >= 4 is 27.2 Å². The van der Waals surface area contributed by atoms with Crippen molar-refractivity contribution in [3.05, 3.63) is 47.5 Å². The number of hydrogen-bond acceptors (Lipinski definition) is 4. The van der Waals surface area contributed by atoms with Gasteiger partial charge in [0.1, 0.15) is 10.8 Å². The van der Waals surface area contributed by atoms with Gasteiger partial charge in [-0.25, -0.2) is 18.1 Å². The minimum atomic E-state index is -3.61. The number of nitrogens with two attached hydrogens (primary N) is 1. The highest BCUT2D eigenvalue weighted by Crippen LogP contribution is 2.17. The highest BCUT2D eigenvalue weighted by Gasteiger charge is 2.17. The average Bonchev–Trinajstić information content (AvgIpc) is 2.81. The summed E-state index contributed by atoms with van der Waals surface area (Å²) in [7, 11) is -1.81. The van der Waals surface area contributed by atoms with Crippen LogP contribution in [0.25, 0.3) is 0 Å². The van der Waals surface area contributed by atoms with Crippen LogP contribution >= 0.6 is 12.2 Å². The topological polar surface area (TPSA) is 90.0 Å². The van der Waals surface area contributed by atoms with Gasteiger partial charge in [-0.2, -0.15) is 0 Å². The Morgan fingerprint density at radius 2 is 2.19 bits per heavy atom. The van der Waals surface area contributed by atoms with E-state index in [9.17, 15) is 8.42 Å². The molecule has 3 N–H and O–H groups in total. The van der Waals surface area contributed by atoms with Crippen LogP contribution in [0.2, 0.25) is 0 Å². The number of sulfonamides is 1. The molecule has 2 aromatic rings. The molecule has 0 saturated heterocycles. The Balaban J connectivity index is 2.23. The van der Waals surface area contributed by atoms with E-state index >= 15 is 0 Å². The van der Waals surface area contributed by atoms with Gasteiger partial charge in [0.15, 0.2) is 0 Å². The molecule has 0 saturated carbocycles. The summed E-state index contributed by atoms with van der Waals surface area (Å²) in [5.41, 5.74) is 6.77. The summed E-state index contributed by atoms with van der Waals surface area (Å²) in [6.07, 6.45) is 3.37. The summed E-state index contributed by atoms with van der Waals surface area (Å²) < 4.78 is 28.9. The van der Waals surface area contributed by atoms with E-state index in [0.29, 0.717) is 17.0 Å². The van der Waals surface area contributed by atoms with Crippen molar-refractivity contribution in [3.63, 3.8) is 0 Å². The van der Waals surface area contributed by atoms with Gasteiger partial charge in [0.2, 0.25) is 10.0 Å². The number of aryl methyl sites for hydroxylation is 2. The van der Waals surface area contributed by atoms with Crippen molar-refractivity contribution in [2.75, 3.05) is 0 Å². The first kappa shape index (κ1) is 15.6. The lowest BCUT2D eigenvalue weighted by Crippen LogP contribution is -2.25. The fourth-order valence-electron chi connectivity index (χ4n) is 1.91. The third-order valence-electron chi connectivity index (χ3n) is 3.09. The van der Waals surface area contributed by atoms with Crippen molar-refractivity contribution in [2.24, 2.45) is 12.8 Å². The number of hydrogen-bond donors (Lipinski definition) is 2. The molecule has 2 rings (SSSR count). The predicted molar refractivity (Wildman–Crippen MR) is 84.3 cm³/mol. The summed E-state index contributed by atoms with van der Waals surface area (Å²) in [6, 6.07) is 4.77. The van der Waals surface area contributed by atoms with Gasteiger partial charge in [0.25, 0.3) is 0 Å². The molecule has 0 aliphatic carbocycles. The number of nitrogens with one attached hydrogen (secondary N) is 1. The number of aromatic nitrogens is 2. The molecular formula is C13H16N4O2S2. The highest BCUT2D eigenvalue weighted by molar-refractivity contribution is 7.89. The van der Waals surface area contributed by atoms with Crippen LogP contribution < -0.4 is 10.5 Å². The Morgan fingerprint density at radius 1 is 1.48 bits per heavy atom. The second-order valence-electron chi connectivity index (χ2n) is 4.62. The lowest BCUT2D eigenvalue weighted by atomic mass is 10.1. The standard InChI is InChI=1S/C13H16N4O2S2/c1-9-7-10(13(14)20)3-4-11(9)21(18,19)16-8-12-15-5-6-17(12)2/h3-7,16H,8H2,1-2H3,(H2,14,20). The maximum absolute atomic E-state index is 12.3. The molecular weight excluding hydrogens is 308 g/mol. The van der Waals surface area contributed by atoms with E-state index < -0.39 is 10.0 Å². The van der Waals surface area contributed by atoms with Crippen LogP contribution in [0.5, 0.6) is 0 Å². The van der Waals surface area contributed by atoms with Crippen molar-refractivity contribution in [3.8, 4) is 0 Å². The normalized spacial score (nSPS) is 11.5. The third-order valence-corrected chi connectivity index (χ3v) is 4.89. The maximum Gasteiger partial charge on any atom is 0.241 e. The minimum absolute atomic E-state index is 0.127. The minimum Gasteiger partial charge on any atom is -0.389 e. The van der Waals surface area contributed by atoms with Crippen molar-refractivity contribution < 1.29 is 8.42 Å². The molecule has 21 heavy (non-hydrogen) atoms. The number of rotatable bonds is 5. The summed E-state index contributed by atoms with van der Waals surface area (Å²) in [5, 5.41) is 0. The van der Waals surface area contributed by atoms with Gasteiger partial charge in [0.05, 0.1) is 11.4 Å². The van der Waals surface area contributed by atoms with Crippen LogP contribution in [-0.4, -0.2) is 23.0 Å². The molecule has 0 fully saturated rings. The van der Waals surface area contributed by atoms with Crippen LogP contribution in [0.3, 0.4) is 0 Å². The predicted octanol–water partition coefficient (Wildman–Crippen LogP) is 0.841. The fraction of sp³-hybridized carbons (Fsp3) is 0.231. The first-order valence-electron chi connectivity index (χ1n) is 6.17. The van der Waals surface area contributed by atoms with Crippen molar-refractivity contribution in [1.82, 2.24) is 14.3 Å². The maximum atomic E-state index is 12.3. The van der Waals surface area contributed by atoms with Crippen LogP contribution in [-0.2, 0) is 23.6 Å². The number of imidazole rings is 1. The van der Waals surface area contributed by atoms with E-state index in [1.54, 1.807) is 43.1 Å². The number of nitrogens with zero attached hydrogens (tertiary/aromatic N) is 2. The summed E-state index contributed by atoms with van der Waals surface area (Å²) in [6.45, 7) is 1.83. The Bertz CT molecular complexity index is 781. The van der Waals surface area contributed by atoms with Crippen LogP contribution in [0.4, 0.5) is 0 Å². The molecule has 0 unspecified atom stereocenters. The number of thiocarbonyl (C=S) groups is 1. The molecule has 1 aromatic heterocycles. The van der Waals surface area contributed by atoms with E-state index in [-0.39, 0.29) is 16.4 Å². The Kier molecular flexibility index (Phi) is 4.40. The van der Waals surface area contributed by atoms with Crippen LogP contribution in [0, 0.1) is 6.92 Å². The average molecular weight is 324 g/mol. The zero-order chi connectivity index (χ0) is 15.6. The smallest absolute Gasteiger partial charge is 0.241 e. The molecule has 112 valence electrons. The molecule has 0 bridgehead atoms. The summed E-state index contributed by atoms with van der Waals surface area (Å²) >= 11 is 4.88. The zero-order valence-corrected chi connectivity index (χ0v) is 13.3. The molecule has 1 aromatic carbocycles. The number of benzene rings is 1. The van der Waals surface area contributed by atoms with E-state index in [1.807, 2.05) is 0 Å². The largest absolute Gasteiger partial charge is 0.389 e. The Labute approximate surface area is 129 Å². The lowest BCUT2D eigenvalue weighted by molar-refractivity contribution is 0.577. The van der Waals surface area contributed by atoms with E-state index in [4.69, 9.17) is 18.0 Å². The first-order chi connectivity index (χ1) is 9.81. The monoisotopic (exact) mass is 324 g/mol. The first-order valence-corrected chi connectivity index (χ1v) is 8.07. The lowest BCUT2D eigenvalue weighted by Gasteiger charge is -2.10. The molecule has 0 spiro atoms. The SMILES string of the molecule is Cc1cc(C(N)=S)ccc1S(=O)(=O)NCc1nccn1C. The van der Waals surface area contributed by atoms with Crippen molar-refractivity contribution in [1.29, 1.82) is 0 Å². The van der Waals surface area contributed by atoms with Gasteiger partial charge in [-0.05, 0) is 24.6 Å². The molecule has 8 heteroatoms. The van der Waals surface area contributed by atoms with Gasteiger partial charge in [-0.3, -0.25) is 0 Å². The van der Waals surface area contributed by atoms with Crippen LogP contribution in [0.1, 0.15) is 17.0 Å². The molecule has 0 atom stereocenters. The zero-order valence-electron chi connectivity index (χ0n) is 11.7. The molecule has 6 nitrogen and oxygen atoms in total.